The van der Waals surface area contributed by atoms with Crippen molar-refractivity contribution in [3.05, 3.63) is 63.1 Å². The van der Waals surface area contributed by atoms with Crippen molar-refractivity contribution in [3.8, 4) is 5.75 Å². The van der Waals surface area contributed by atoms with E-state index in [1.54, 1.807) is 0 Å². The molecule has 0 aromatic heterocycles. The molecule has 6 heteroatoms. The average Bonchev–Trinajstić information content (AvgIpc) is 3.16. The van der Waals surface area contributed by atoms with Gasteiger partial charge in [-0.05, 0) is 81.8 Å². The van der Waals surface area contributed by atoms with Crippen molar-refractivity contribution in [2.45, 2.75) is 71.2 Å². The molecule has 0 N–H and O–H groups in total. The van der Waals surface area contributed by atoms with Gasteiger partial charge in [-0.25, -0.2) is 0 Å². The maximum absolute atomic E-state index is 12.3. The lowest BCUT2D eigenvalue weighted by Gasteiger charge is -2.45. The monoisotopic (exact) mass is 475 g/mol. The minimum atomic E-state index is -0.0434. The lowest BCUT2D eigenvalue weighted by molar-refractivity contribution is -0.151. The van der Waals surface area contributed by atoms with Crippen molar-refractivity contribution in [1.82, 2.24) is 4.90 Å². The summed E-state index contributed by atoms with van der Waals surface area (Å²) in [7, 11) is 0. The topological polar surface area (TPSA) is 38.8 Å². The van der Waals surface area contributed by atoms with Crippen LogP contribution >= 0.6 is 23.2 Å². The first kappa shape index (κ1) is 23.4. The molecule has 172 valence electrons. The third kappa shape index (κ3) is 4.78. The number of carbonyl (C=O) groups is 1. The van der Waals surface area contributed by atoms with E-state index in [0.29, 0.717) is 41.4 Å². The first-order valence-electron chi connectivity index (χ1n) is 11.5. The van der Waals surface area contributed by atoms with Crippen LogP contribution in [0.15, 0.2) is 36.4 Å². The number of hydrogen-bond donors (Lipinski definition) is 0. The van der Waals surface area contributed by atoms with E-state index in [2.05, 4.69) is 30.9 Å². The van der Waals surface area contributed by atoms with E-state index in [9.17, 15) is 4.79 Å². The van der Waals surface area contributed by atoms with Gasteiger partial charge in [-0.2, -0.15) is 0 Å². The molecule has 2 aromatic rings. The standard InChI is InChI=1S/C26H31Cl2NO3/c1-4-31-26(30)19-12-16(2)29(17(3)13-19)25-11-8-18-14-20(9-10-21(18)25)32-15-22-23(27)6-5-7-24(22)28/h5-7,9-10,14,16-17,19,25H,4,8,11-13,15H2,1-3H3. The van der Waals surface area contributed by atoms with Crippen molar-refractivity contribution in [3.63, 3.8) is 0 Å². The molecule has 0 saturated carbocycles. The summed E-state index contributed by atoms with van der Waals surface area (Å²) in [6.07, 6.45) is 3.83. The third-order valence-corrected chi connectivity index (χ3v) is 7.56. The predicted octanol–water partition coefficient (Wildman–Crippen LogP) is 6.61. The quantitative estimate of drug-likeness (QED) is 0.440. The van der Waals surface area contributed by atoms with Gasteiger partial charge in [0.05, 0.1) is 12.5 Å². The van der Waals surface area contributed by atoms with Gasteiger partial charge in [0.2, 0.25) is 0 Å². The minimum absolute atomic E-state index is 0.00415. The second-order valence-electron chi connectivity index (χ2n) is 8.97. The second kappa shape index (κ2) is 10.0. The Bertz CT molecular complexity index is 947. The molecule has 0 amide bonds. The normalized spacial score (nSPS) is 25.4. The number of ether oxygens (including phenoxy) is 2. The van der Waals surface area contributed by atoms with Crippen molar-refractivity contribution >= 4 is 29.2 Å². The molecule has 32 heavy (non-hydrogen) atoms. The smallest absolute Gasteiger partial charge is 0.309 e. The van der Waals surface area contributed by atoms with Gasteiger partial charge < -0.3 is 9.47 Å². The molecule has 0 spiro atoms. The zero-order chi connectivity index (χ0) is 22.8. The number of rotatable bonds is 6. The Kier molecular flexibility index (Phi) is 7.34. The molecule has 2 aromatic carbocycles. The van der Waals surface area contributed by atoms with Crippen molar-refractivity contribution in [2.75, 3.05) is 6.61 Å². The van der Waals surface area contributed by atoms with E-state index < -0.39 is 0 Å². The van der Waals surface area contributed by atoms with Crippen LogP contribution in [0, 0.1) is 5.92 Å². The molecule has 4 nitrogen and oxygen atoms in total. The summed E-state index contributed by atoms with van der Waals surface area (Å²) in [4.78, 5) is 14.9. The summed E-state index contributed by atoms with van der Waals surface area (Å²) in [5.74, 6) is 0.796. The van der Waals surface area contributed by atoms with Crippen molar-refractivity contribution in [1.29, 1.82) is 0 Å². The summed E-state index contributed by atoms with van der Waals surface area (Å²) in [6, 6.07) is 12.9. The Balaban J connectivity index is 1.45. The zero-order valence-electron chi connectivity index (χ0n) is 18.9. The number of likely N-dealkylation sites (tertiary alicyclic amines) is 1. The molecule has 3 unspecified atom stereocenters. The number of aryl methyl sites for hydroxylation is 1. The lowest BCUT2D eigenvalue weighted by atomic mass is 9.85. The molecule has 0 radical (unpaired) electrons. The maximum atomic E-state index is 12.3. The van der Waals surface area contributed by atoms with Gasteiger partial charge in [0.15, 0.2) is 0 Å². The van der Waals surface area contributed by atoms with Gasteiger partial charge in [0.25, 0.3) is 0 Å². The highest BCUT2D eigenvalue weighted by Crippen LogP contribution is 2.43. The molecule has 0 bridgehead atoms. The SMILES string of the molecule is CCOC(=O)C1CC(C)N(C2CCc3cc(OCc4c(Cl)cccc4Cl)ccc32)C(C)C1. The minimum Gasteiger partial charge on any atom is -0.489 e. The summed E-state index contributed by atoms with van der Waals surface area (Å²) >= 11 is 12.5. The van der Waals surface area contributed by atoms with Crippen LogP contribution in [0.1, 0.15) is 62.8 Å². The number of hydrogen-bond acceptors (Lipinski definition) is 4. The molecule has 1 aliphatic carbocycles. The van der Waals surface area contributed by atoms with E-state index in [-0.39, 0.29) is 11.9 Å². The molecule has 1 aliphatic heterocycles. The van der Waals surface area contributed by atoms with Crippen LogP contribution in [0.2, 0.25) is 10.0 Å². The summed E-state index contributed by atoms with van der Waals surface area (Å²) in [6.45, 7) is 7.15. The number of fused-ring (bicyclic) bond motifs is 1. The second-order valence-corrected chi connectivity index (χ2v) is 9.78. The fraction of sp³-hybridized carbons (Fsp3) is 0.500. The predicted molar refractivity (Wildman–Crippen MR) is 128 cm³/mol. The fourth-order valence-corrected chi connectivity index (χ4v) is 5.97. The summed E-state index contributed by atoms with van der Waals surface area (Å²) < 4.78 is 11.3. The van der Waals surface area contributed by atoms with Gasteiger partial charge in [0.1, 0.15) is 12.4 Å². The van der Waals surface area contributed by atoms with Gasteiger partial charge in [0, 0.05) is 33.7 Å². The molecule has 2 aliphatic rings. The lowest BCUT2D eigenvalue weighted by Crippen LogP contribution is -2.49. The Morgan fingerprint density at radius 2 is 1.78 bits per heavy atom. The molecule has 3 atom stereocenters. The van der Waals surface area contributed by atoms with Gasteiger partial charge in [-0.15, -0.1) is 0 Å². The van der Waals surface area contributed by atoms with E-state index in [0.717, 1.165) is 37.0 Å². The number of nitrogens with zero attached hydrogens (tertiary/aromatic N) is 1. The molecule has 1 heterocycles. The summed E-state index contributed by atoms with van der Waals surface area (Å²) in [5.41, 5.74) is 3.52. The Hall–Kier alpha value is -1.75. The van der Waals surface area contributed by atoms with E-state index >= 15 is 0 Å². The summed E-state index contributed by atoms with van der Waals surface area (Å²) in [5, 5.41) is 1.24. The van der Waals surface area contributed by atoms with Gasteiger partial charge in [-0.1, -0.05) is 35.3 Å². The zero-order valence-corrected chi connectivity index (χ0v) is 20.5. The van der Waals surface area contributed by atoms with Crippen LogP contribution in [0.25, 0.3) is 0 Å². The maximum Gasteiger partial charge on any atom is 0.309 e. The Morgan fingerprint density at radius 1 is 1.09 bits per heavy atom. The van der Waals surface area contributed by atoms with Crippen LogP contribution in [0.3, 0.4) is 0 Å². The number of esters is 1. The van der Waals surface area contributed by atoms with Gasteiger partial charge in [-0.3, -0.25) is 9.69 Å². The average molecular weight is 476 g/mol. The first-order chi connectivity index (χ1) is 15.4. The third-order valence-electron chi connectivity index (χ3n) is 6.85. The first-order valence-corrected chi connectivity index (χ1v) is 12.3. The van der Waals surface area contributed by atoms with Crippen molar-refractivity contribution < 1.29 is 14.3 Å². The van der Waals surface area contributed by atoms with E-state index in [1.165, 1.54) is 11.1 Å². The van der Waals surface area contributed by atoms with Gasteiger partial charge >= 0.3 is 5.97 Å². The number of piperidine rings is 1. The number of carbonyl (C=O) groups excluding carboxylic acids is 1. The van der Waals surface area contributed by atoms with Crippen LogP contribution in [0.5, 0.6) is 5.75 Å². The Morgan fingerprint density at radius 3 is 2.44 bits per heavy atom. The Labute approximate surface area is 200 Å². The largest absolute Gasteiger partial charge is 0.489 e. The fourth-order valence-electron chi connectivity index (χ4n) is 5.46. The van der Waals surface area contributed by atoms with Crippen LogP contribution in [-0.2, 0) is 22.6 Å². The van der Waals surface area contributed by atoms with E-state index in [4.69, 9.17) is 32.7 Å². The molecular weight excluding hydrogens is 445 g/mol. The van der Waals surface area contributed by atoms with Crippen LogP contribution in [0.4, 0.5) is 0 Å². The number of halogens is 2. The van der Waals surface area contributed by atoms with Crippen LogP contribution in [-0.4, -0.2) is 29.6 Å². The highest BCUT2D eigenvalue weighted by Gasteiger charge is 2.40. The highest BCUT2D eigenvalue weighted by atomic mass is 35.5. The molecule has 1 fully saturated rings. The molecular formula is C26H31Cl2NO3. The van der Waals surface area contributed by atoms with Crippen molar-refractivity contribution in [2.24, 2.45) is 5.92 Å². The molecule has 1 saturated heterocycles. The van der Waals surface area contributed by atoms with E-state index in [1.807, 2.05) is 31.2 Å². The molecule has 4 rings (SSSR count). The van der Waals surface area contributed by atoms with Crippen LogP contribution < -0.4 is 4.74 Å². The highest BCUT2D eigenvalue weighted by molar-refractivity contribution is 6.35. The number of benzene rings is 2.